The van der Waals surface area contributed by atoms with Gasteiger partial charge in [0.05, 0.1) is 13.1 Å². The molecule has 23 heavy (non-hydrogen) atoms. The lowest BCUT2D eigenvalue weighted by molar-refractivity contribution is -0.0496. The maximum absolute atomic E-state index is 12.6. The molecule has 0 saturated carbocycles. The van der Waals surface area contributed by atoms with Crippen molar-refractivity contribution in [2.24, 2.45) is 5.73 Å². The lowest BCUT2D eigenvalue weighted by atomic mass is 10.4. The fourth-order valence-corrected chi connectivity index (χ4v) is 3.68. The Kier molecular flexibility index (Phi) is 3.90. The van der Waals surface area contributed by atoms with Gasteiger partial charge in [0.2, 0.25) is 5.82 Å². The third kappa shape index (κ3) is 2.84. The lowest BCUT2D eigenvalue weighted by Gasteiger charge is -2.26. The first kappa shape index (κ1) is 16.3. The lowest BCUT2D eigenvalue weighted by Crippen LogP contribution is -2.44. The van der Waals surface area contributed by atoms with E-state index < -0.39 is 22.1 Å². The van der Waals surface area contributed by atoms with Crippen molar-refractivity contribution in [3.8, 4) is 10.8 Å². The minimum absolute atomic E-state index is 0.00718. The molecule has 0 radical (unpaired) electrons. The molecule has 0 fully saturated rings. The minimum Gasteiger partial charge on any atom is -0.326 e. The molecule has 1 aliphatic rings. The van der Waals surface area contributed by atoms with E-state index >= 15 is 0 Å². The van der Waals surface area contributed by atoms with Gasteiger partial charge in [-0.3, -0.25) is 0 Å². The molecule has 13 heteroatoms. The van der Waals surface area contributed by atoms with Gasteiger partial charge in [0.25, 0.3) is 0 Å². The van der Waals surface area contributed by atoms with Gasteiger partial charge in [0.15, 0.2) is 5.01 Å². The van der Waals surface area contributed by atoms with Crippen molar-refractivity contribution in [3.05, 3.63) is 16.9 Å². The first-order valence-electron chi connectivity index (χ1n) is 6.37. The van der Waals surface area contributed by atoms with Crippen LogP contribution in [0.2, 0.25) is 0 Å². The fraction of sp³-hybridized carbons (Fsp3) is 0.500. The minimum atomic E-state index is -5.37. The highest BCUT2D eigenvalue weighted by molar-refractivity contribution is 7.89. The second-order valence-corrected chi connectivity index (χ2v) is 7.74. The molecule has 0 saturated heterocycles. The van der Waals surface area contributed by atoms with Crippen LogP contribution in [-0.2, 0) is 29.7 Å². The molecule has 2 N–H and O–H groups in total. The molecule has 3 rings (SSSR count). The quantitative estimate of drug-likeness (QED) is 0.847. The number of fused-ring (bicyclic) bond motifs is 1. The molecule has 3 heterocycles. The van der Waals surface area contributed by atoms with E-state index in [9.17, 15) is 21.6 Å². The Morgan fingerprint density at radius 1 is 1.35 bits per heavy atom. The van der Waals surface area contributed by atoms with Crippen molar-refractivity contribution >= 4 is 21.4 Å². The molecule has 2 aromatic heterocycles. The molecule has 0 aliphatic carbocycles. The van der Waals surface area contributed by atoms with Crippen LogP contribution in [0.3, 0.4) is 0 Å². The molecule has 0 bridgehead atoms. The second-order valence-electron chi connectivity index (χ2n) is 4.69. The van der Waals surface area contributed by atoms with Gasteiger partial charge in [-0.1, -0.05) is 0 Å². The summed E-state index contributed by atoms with van der Waals surface area (Å²) in [6.07, 6.45) is 1.57. The summed E-state index contributed by atoms with van der Waals surface area (Å²) < 4.78 is 62.5. The van der Waals surface area contributed by atoms with Gasteiger partial charge >= 0.3 is 15.5 Å². The Bertz CT molecular complexity index is 828. The predicted molar refractivity (Wildman–Crippen MR) is 74.4 cm³/mol. The predicted octanol–water partition coefficient (Wildman–Crippen LogP) is 0.525. The van der Waals surface area contributed by atoms with Gasteiger partial charge < -0.3 is 5.73 Å². The Balaban J connectivity index is 1.88. The van der Waals surface area contributed by atoms with Gasteiger partial charge in [-0.15, -0.1) is 16.4 Å². The molecule has 0 aromatic carbocycles. The number of thiazole rings is 1. The number of alkyl halides is 3. The summed E-state index contributed by atoms with van der Waals surface area (Å²) in [7, 11) is -5.37. The molecule has 0 spiro atoms. The van der Waals surface area contributed by atoms with E-state index in [0.717, 1.165) is 4.88 Å². The molecular formula is C10H11F3N6O2S2. The summed E-state index contributed by atoms with van der Waals surface area (Å²) in [5.41, 5.74) is 0.160. The average molecular weight is 368 g/mol. The highest BCUT2D eigenvalue weighted by atomic mass is 32.2. The zero-order valence-corrected chi connectivity index (χ0v) is 13.1. The third-order valence-electron chi connectivity index (χ3n) is 3.21. The summed E-state index contributed by atoms with van der Waals surface area (Å²) in [5, 5.41) is 4.64. The standard InChI is InChI=1S/C10H11F3N6O2S2/c11-10(12,13)23(20,21)18-1-2-19-7(5-18)16-8(17-19)9-15-4-6(3-14)22-9/h4H,1-3,5,14H2. The zero-order chi connectivity index (χ0) is 16.8. The number of aromatic nitrogens is 4. The van der Waals surface area contributed by atoms with Crippen molar-refractivity contribution in [3.63, 3.8) is 0 Å². The van der Waals surface area contributed by atoms with Crippen LogP contribution >= 0.6 is 11.3 Å². The van der Waals surface area contributed by atoms with Crippen LogP contribution in [-0.4, -0.2) is 44.5 Å². The molecule has 2 aromatic rings. The van der Waals surface area contributed by atoms with E-state index in [4.69, 9.17) is 5.73 Å². The van der Waals surface area contributed by atoms with E-state index in [1.54, 1.807) is 6.20 Å². The molecule has 8 nitrogen and oxygen atoms in total. The second kappa shape index (κ2) is 5.51. The molecule has 1 aliphatic heterocycles. The highest BCUT2D eigenvalue weighted by Crippen LogP contribution is 2.30. The largest absolute Gasteiger partial charge is 0.511 e. The summed E-state index contributed by atoms with van der Waals surface area (Å²) >= 11 is 1.27. The van der Waals surface area contributed by atoms with Crippen LogP contribution < -0.4 is 5.73 Å². The van der Waals surface area contributed by atoms with E-state index in [1.807, 2.05) is 0 Å². The Hall–Kier alpha value is -1.57. The third-order valence-corrected chi connectivity index (χ3v) is 5.80. The number of sulfonamides is 1. The average Bonchev–Trinajstić information content (AvgIpc) is 3.11. The summed E-state index contributed by atoms with van der Waals surface area (Å²) in [6, 6.07) is 0. The summed E-state index contributed by atoms with van der Waals surface area (Å²) in [4.78, 5) is 9.01. The van der Waals surface area contributed by atoms with E-state index in [0.29, 0.717) is 15.9 Å². The Morgan fingerprint density at radius 2 is 2.09 bits per heavy atom. The van der Waals surface area contributed by atoms with Crippen LogP contribution in [0.5, 0.6) is 0 Å². The molecule has 126 valence electrons. The van der Waals surface area contributed by atoms with Crippen LogP contribution in [0.15, 0.2) is 6.20 Å². The summed E-state index contributed by atoms with van der Waals surface area (Å²) in [5.74, 6) is 0.388. The fourth-order valence-electron chi connectivity index (χ4n) is 2.06. The van der Waals surface area contributed by atoms with Crippen LogP contribution in [0.25, 0.3) is 10.8 Å². The number of rotatable bonds is 3. The number of nitrogens with zero attached hydrogens (tertiary/aromatic N) is 5. The van der Waals surface area contributed by atoms with Crippen LogP contribution in [0.1, 0.15) is 10.7 Å². The number of hydrogen-bond donors (Lipinski definition) is 1. The van der Waals surface area contributed by atoms with Crippen molar-refractivity contribution in [1.82, 2.24) is 24.1 Å². The molecular weight excluding hydrogens is 357 g/mol. The van der Waals surface area contributed by atoms with E-state index in [2.05, 4.69) is 15.1 Å². The van der Waals surface area contributed by atoms with Crippen molar-refractivity contribution in [1.29, 1.82) is 0 Å². The first-order valence-corrected chi connectivity index (χ1v) is 8.63. The summed E-state index contributed by atoms with van der Waals surface area (Å²) in [6.45, 7) is -0.497. The number of hydrogen-bond acceptors (Lipinski definition) is 7. The topological polar surface area (TPSA) is 107 Å². The van der Waals surface area contributed by atoms with Gasteiger partial charge in [-0.05, 0) is 0 Å². The van der Waals surface area contributed by atoms with Gasteiger partial charge in [0, 0.05) is 24.2 Å². The first-order chi connectivity index (χ1) is 10.7. The van der Waals surface area contributed by atoms with Crippen molar-refractivity contribution < 1.29 is 21.6 Å². The SMILES string of the molecule is NCc1cnc(-c2nc3n(n2)CCN(S(=O)(=O)C(F)(F)F)C3)s1. The Labute approximate surface area is 132 Å². The zero-order valence-electron chi connectivity index (χ0n) is 11.5. The highest BCUT2D eigenvalue weighted by Gasteiger charge is 2.50. The number of halogens is 3. The normalized spacial score (nSPS) is 16.5. The van der Waals surface area contributed by atoms with Crippen LogP contribution in [0, 0.1) is 0 Å². The molecule has 0 atom stereocenters. The molecule has 0 amide bonds. The maximum atomic E-state index is 12.6. The van der Waals surface area contributed by atoms with Gasteiger partial charge in [-0.25, -0.2) is 23.1 Å². The van der Waals surface area contributed by atoms with Crippen molar-refractivity contribution in [2.45, 2.75) is 25.1 Å². The van der Waals surface area contributed by atoms with Gasteiger partial charge in [-0.2, -0.15) is 17.5 Å². The Morgan fingerprint density at radius 3 is 2.70 bits per heavy atom. The van der Waals surface area contributed by atoms with Crippen LogP contribution in [0.4, 0.5) is 13.2 Å². The van der Waals surface area contributed by atoms with E-state index in [-0.39, 0.29) is 24.7 Å². The maximum Gasteiger partial charge on any atom is 0.511 e. The smallest absolute Gasteiger partial charge is 0.326 e. The molecule has 0 unspecified atom stereocenters. The number of nitrogens with two attached hydrogens (primary N) is 1. The van der Waals surface area contributed by atoms with E-state index in [1.165, 1.54) is 16.0 Å². The van der Waals surface area contributed by atoms with Crippen molar-refractivity contribution in [2.75, 3.05) is 6.54 Å². The monoisotopic (exact) mass is 368 g/mol. The van der Waals surface area contributed by atoms with Gasteiger partial charge in [0.1, 0.15) is 5.82 Å².